The van der Waals surface area contributed by atoms with Gasteiger partial charge >= 0.3 is 5.69 Å². The fourth-order valence-electron chi connectivity index (χ4n) is 4.00. The third-order valence-corrected chi connectivity index (χ3v) is 6.46. The van der Waals surface area contributed by atoms with Crippen molar-refractivity contribution in [1.82, 2.24) is 23.9 Å². The van der Waals surface area contributed by atoms with E-state index >= 15 is 0 Å². The van der Waals surface area contributed by atoms with Crippen molar-refractivity contribution in [2.24, 2.45) is 13.0 Å². The van der Waals surface area contributed by atoms with Gasteiger partial charge in [-0.25, -0.2) is 4.79 Å². The molecule has 0 saturated heterocycles. The van der Waals surface area contributed by atoms with Crippen molar-refractivity contribution in [3.63, 3.8) is 0 Å². The molecule has 9 nitrogen and oxygen atoms in total. The summed E-state index contributed by atoms with van der Waals surface area (Å²) in [4.78, 5) is 38.0. The van der Waals surface area contributed by atoms with Crippen molar-refractivity contribution >= 4 is 23.4 Å². The first-order valence-corrected chi connectivity index (χ1v) is 11.4. The molecule has 0 spiro atoms. The van der Waals surface area contributed by atoms with Gasteiger partial charge in [-0.1, -0.05) is 44.9 Å². The van der Waals surface area contributed by atoms with Crippen molar-refractivity contribution in [1.29, 1.82) is 0 Å². The summed E-state index contributed by atoms with van der Waals surface area (Å²) in [5.41, 5.74) is 4.81. The Labute approximate surface area is 179 Å². The Hall–Kier alpha value is -2.36. The van der Waals surface area contributed by atoms with Gasteiger partial charge in [-0.2, -0.15) is 0 Å². The SMILES string of the molecule is Cc1nnc(SCC(=O)c2c(N)n(CC(C)C)c(=O)n(C)c2=O)n1C1CCCCC1. The lowest BCUT2D eigenvalue weighted by molar-refractivity contribution is 0.102. The molecule has 0 aromatic carbocycles. The molecular formula is C20H30N6O3S. The predicted molar refractivity (Wildman–Crippen MR) is 117 cm³/mol. The van der Waals surface area contributed by atoms with E-state index in [-0.39, 0.29) is 23.1 Å². The quantitative estimate of drug-likeness (QED) is 0.524. The lowest BCUT2D eigenvalue weighted by atomic mass is 9.95. The Morgan fingerprint density at radius 2 is 1.87 bits per heavy atom. The number of ketones is 1. The maximum absolute atomic E-state index is 13.0. The molecule has 0 unspecified atom stereocenters. The molecule has 3 rings (SSSR count). The van der Waals surface area contributed by atoms with Crippen molar-refractivity contribution in [3.05, 3.63) is 32.2 Å². The van der Waals surface area contributed by atoms with Crippen LogP contribution in [0.3, 0.4) is 0 Å². The van der Waals surface area contributed by atoms with Crippen LogP contribution in [0.5, 0.6) is 0 Å². The van der Waals surface area contributed by atoms with Crippen LogP contribution in [0.15, 0.2) is 14.7 Å². The topological polar surface area (TPSA) is 118 Å². The Balaban J connectivity index is 1.87. The highest BCUT2D eigenvalue weighted by molar-refractivity contribution is 7.99. The summed E-state index contributed by atoms with van der Waals surface area (Å²) >= 11 is 1.26. The second-order valence-electron chi connectivity index (χ2n) is 8.31. The van der Waals surface area contributed by atoms with E-state index in [0.717, 1.165) is 23.2 Å². The van der Waals surface area contributed by atoms with Crippen molar-refractivity contribution in [2.75, 3.05) is 11.5 Å². The van der Waals surface area contributed by atoms with E-state index in [4.69, 9.17) is 5.73 Å². The van der Waals surface area contributed by atoms with E-state index < -0.39 is 17.0 Å². The molecule has 0 atom stereocenters. The van der Waals surface area contributed by atoms with E-state index in [1.54, 1.807) is 0 Å². The summed E-state index contributed by atoms with van der Waals surface area (Å²) in [5, 5.41) is 9.12. The Morgan fingerprint density at radius 3 is 2.50 bits per heavy atom. The number of nitrogen functional groups attached to an aromatic ring is 1. The molecule has 1 fully saturated rings. The average molecular weight is 435 g/mol. The van der Waals surface area contributed by atoms with Gasteiger partial charge in [0.15, 0.2) is 10.9 Å². The molecule has 2 heterocycles. The van der Waals surface area contributed by atoms with Crippen molar-refractivity contribution in [2.45, 2.75) is 70.6 Å². The number of nitrogens with zero attached hydrogens (tertiary/aromatic N) is 5. The van der Waals surface area contributed by atoms with Crippen molar-refractivity contribution < 1.29 is 4.79 Å². The summed E-state index contributed by atoms with van der Waals surface area (Å²) in [6.45, 7) is 6.13. The number of hydrogen-bond acceptors (Lipinski definition) is 7. The number of hydrogen-bond donors (Lipinski definition) is 1. The number of rotatable bonds is 7. The molecule has 1 aliphatic carbocycles. The summed E-state index contributed by atoms with van der Waals surface area (Å²) in [7, 11) is 1.37. The summed E-state index contributed by atoms with van der Waals surface area (Å²) in [6.07, 6.45) is 5.75. The second-order valence-corrected chi connectivity index (χ2v) is 9.26. The van der Waals surface area contributed by atoms with Gasteiger partial charge in [-0.05, 0) is 25.7 Å². The third-order valence-electron chi connectivity index (χ3n) is 5.52. The minimum Gasteiger partial charge on any atom is -0.384 e. The molecule has 2 N–H and O–H groups in total. The van der Waals surface area contributed by atoms with Crippen LogP contribution in [0.1, 0.15) is 68.2 Å². The smallest absolute Gasteiger partial charge is 0.332 e. The maximum atomic E-state index is 13.0. The van der Waals surface area contributed by atoms with Gasteiger partial charge in [0.05, 0.1) is 5.75 Å². The van der Waals surface area contributed by atoms with Gasteiger partial charge in [0.25, 0.3) is 5.56 Å². The van der Waals surface area contributed by atoms with Crippen LogP contribution in [0.4, 0.5) is 5.82 Å². The first kappa shape index (κ1) is 22.3. The summed E-state index contributed by atoms with van der Waals surface area (Å²) in [5.74, 6) is 0.498. The number of carbonyl (C=O) groups is 1. The average Bonchev–Trinajstić information content (AvgIpc) is 3.09. The zero-order chi connectivity index (χ0) is 22.0. The number of thioether (sulfide) groups is 1. The van der Waals surface area contributed by atoms with Crippen LogP contribution < -0.4 is 17.0 Å². The molecule has 0 aliphatic heterocycles. The number of aryl methyl sites for hydroxylation is 1. The summed E-state index contributed by atoms with van der Waals surface area (Å²) < 4.78 is 4.36. The summed E-state index contributed by atoms with van der Waals surface area (Å²) in [6, 6.07) is 0.345. The fraction of sp³-hybridized carbons (Fsp3) is 0.650. The van der Waals surface area contributed by atoms with Gasteiger partial charge in [0.1, 0.15) is 17.2 Å². The molecule has 30 heavy (non-hydrogen) atoms. The van der Waals surface area contributed by atoms with Crippen LogP contribution >= 0.6 is 11.8 Å². The molecule has 10 heteroatoms. The fourth-order valence-corrected chi connectivity index (χ4v) is 4.92. The zero-order valence-corrected chi connectivity index (χ0v) is 18.9. The molecular weight excluding hydrogens is 404 g/mol. The predicted octanol–water partition coefficient (Wildman–Crippen LogP) is 2.17. The Morgan fingerprint density at radius 1 is 1.20 bits per heavy atom. The normalized spacial score (nSPS) is 15.1. The number of anilines is 1. The van der Waals surface area contributed by atoms with E-state index in [1.807, 2.05) is 20.8 Å². The number of carbonyl (C=O) groups excluding carboxylic acids is 1. The van der Waals surface area contributed by atoms with Gasteiger partial charge < -0.3 is 10.3 Å². The maximum Gasteiger partial charge on any atom is 0.332 e. The first-order chi connectivity index (χ1) is 14.2. The molecule has 1 saturated carbocycles. The molecule has 2 aromatic heterocycles. The highest BCUT2D eigenvalue weighted by Gasteiger charge is 2.25. The zero-order valence-electron chi connectivity index (χ0n) is 18.1. The molecule has 164 valence electrons. The van der Waals surface area contributed by atoms with Crippen LogP contribution in [-0.4, -0.2) is 35.4 Å². The lowest BCUT2D eigenvalue weighted by Gasteiger charge is -2.24. The van der Waals surface area contributed by atoms with Gasteiger partial charge in [-0.3, -0.25) is 18.7 Å². The van der Waals surface area contributed by atoms with Crippen LogP contribution in [0.25, 0.3) is 0 Å². The van der Waals surface area contributed by atoms with Gasteiger partial charge in [0.2, 0.25) is 0 Å². The standard InChI is InChI=1S/C20H30N6O3S/c1-12(2)10-25-17(21)16(18(28)24(4)20(25)29)15(27)11-30-19-23-22-13(3)26(19)14-8-6-5-7-9-14/h12,14H,5-11,21H2,1-4H3. The second kappa shape index (κ2) is 9.20. The van der Waals surface area contributed by atoms with Gasteiger partial charge in [-0.15, -0.1) is 10.2 Å². The van der Waals surface area contributed by atoms with Crippen LogP contribution in [0, 0.1) is 12.8 Å². The molecule has 1 aliphatic rings. The minimum absolute atomic E-state index is 0.00414. The van der Waals surface area contributed by atoms with Crippen LogP contribution in [-0.2, 0) is 13.6 Å². The Bertz CT molecular complexity index is 1050. The number of nitrogens with two attached hydrogens (primary N) is 1. The van der Waals surface area contributed by atoms with Crippen LogP contribution in [0.2, 0.25) is 0 Å². The van der Waals surface area contributed by atoms with E-state index in [0.29, 0.717) is 17.7 Å². The third kappa shape index (κ3) is 4.38. The van der Waals surface area contributed by atoms with Gasteiger partial charge in [0, 0.05) is 19.6 Å². The minimum atomic E-state index is -0.659. The number of aromatic nitrogens is 5. The lowest BCUT2D eigenvalue weighted by Crippen LogP contribution is -2.43. The Kier molecular flexibility index (Phi) is 6.84. The van der Waals surface area contributed by atoms with Crippen molar-refractivity contribution in [3.8, 4) is 0 Å². The molecule has 0 radical (unpaired) electrons. The molecule has 0 bridgehead atoms. The largest absolute Gasteiger partial charge is 0.384 e. The monoisotopic (exact) mass is 434 g/mol. The highest BCUT2D eigenvalue weighted by Crippen LogP contribution is 2.32. The van der Waals surface area contributed by atoms with E-state index in [1.165, 1.54) is 42.6 Å². The van der Waals surface area contributed by atoms with E-state index in [9.17, 15) is 14.4 Å². The first-order valence-electron chi connectivity index (χ1n) is 10.4. The molecule has 0 amide bonds. The highest BCUT2D eigenvalue weighted by atomic mass is 32.2. The van der Waals surface area contributed by atoms with E-state index in [2.05, 4.69) is 14.8 Å². The molecule has 2 aromatic rings. The number of Topliss-reactive ketones (excluding diaryl/α,β-unsaturated/α-hetero) is 1.